The van der Waals surface area contributed by atoms with Crippen LogP contribution in [-0.2, 0) is 17.8 Å². The molecule has 0 bridgehead atoms. The van der Waals surface area contributed by atoms with E-state index in [2.05, 4.69) is 12.2 Å². The smallest absolute Gasteiger partial charge is 0.325 e. The summed E-state index contributed by atoms with van der Waals surface area (Å²) in [6.45, 7) is 3.87. The molecule has 0 saturated carbocycles. The zero-order valence-electron chi connectivity index (χ0n) is 18.1. The van der Waals surface area contributed by atoms with E-state index in [-0.39, 0.29) is 18.0 Å². The third-order valence-corrected chi connectivity index (χ3v) is 6.26. The molecule has 1 N–H and O–H groups in total. The topological polar surface area (TPSA) is 73.1 Å². The quantitative estimate of drug-likeness (QED) is 0.453. The molecular weight excluding hydrogens is 422 g/mol. The van der Waals surface area contributed by atoms with Crippen molar-refractivity contribution in [3.8, 4) is 5.69 Å². The Labute approximate surface area is 189 Å². The molecule has 0 aliphatic rings. The number of carbonyl (C=O) groups is 1. The number of nitrogens with zero attached hydrogens (tertiary/aromatic N) is 2. The number of aryl methyl sites for hydroxylation is 2. The highest BCUT2D eigenvalue weighted by molar-refractivity contribution is 7.17. The third kappa shape index (κ3) is 4.43. The monoisotopic (exact) mass is 447 g/mol. The third-order valence-electron chi connectivity index (χ3n) is 5.37. The second-order valence-corrected chi connectivity index (χ2v) is 8.75. The SMILES string of the molecule is CCCCc1ccc(NC(=O)Cn2c(=O)n(-c3cccc(C)c3)c(=O)c3sccc32)cc1. The summed E-state index contributed by atoms with van der Waals surface area (Å²) in [4.78, 5) is 39.1. The second-order valence-electron chi connectivity index (χ2n) is 7.83. The molecule has 0 atom stereocenters. The fourth-order valence-corrected chi connectivity index (χ4v) is 4.54. The van der Waals surface area contributed by atoms with Gasteiger partial charge in [-0.25, -0.2) is 9.36 Å². The minimum Gasteiger partial charge on any atom is -0.325 e. The van der Waals surface area contributed by atoms with Crippen LogP contribution in [0.2, 0.25) is 0 Å². The number of nitrogens with one attached hydrogen (secondary N) is 1. The lowest BCUT2D eigenvalue weighted by molar-refractivity contribution is -0.116. The molecule has 4 aromatic rings. The van der Waals surface area contributed by atoms with Crippen LogP contribution in [0.15, 0.2) is 69.6 Å². The van der Waals surface area contributed by atoms with Gasteiger partial charge in [-0.2, -0.15) is 0 Å². The van der Waals surface area contributed by atoms with E-state index in [1.165, 1.54) is 21.5 Å². The van der Waals surface area contributed by atoms with Crippen molar-refractivity contribution in [2.75, 3.05) is 5.32 Å². The van der Waals surface area contributed by atoms with E-state index in [9.17, 15) is 14.4 Å². The molecule has 0 radical (unpaired) electrons. The molecule has 0 saturated heterocycles. The van der Waals surface area contributed by atoms with Crippen LogP contribution in [0.5, 0.6) is 0 Å². The van der Waals surface area contributed by atoms with Gasteiger partial charge in [0.15, 0.2) is 0 Å². The molecule has 32 heavy (non-hydrogen) atoms. The van der Waals surface area contributed by atoms with Gasteiger partial charge in [-0.15, -0.1) is 11.3 Å². The van der Waals surface area contributed by atoms with E-state index in [1.54, 1.807) is 29.6 Å². The van der Waals surface area contributed by atoms with E-state index < -0.39 is 5.69 Å². The summed E-state index contributed by atoms with van der Waals surface area (Å²) < 4.78 is 2.95. The van der Waals surface area contributed by atoms with Crippen LogP contribution in [0.4, 0.5) is 5.69 Å². The highest BCUT2D eigenvalue weighted by Gasteiger charge is 2.17. The average molecular weight is 448 g/mol. The number of hydrogen-bond acceptors (Lipinski definition) is 4. The lowest BCUT2D eigenvalue weighted by Gasteiger charge is -2.13. The number of carbonyl (C=O) groups excluding carboxylic acids is 1. The Morgan fingerprint density at radius 1 is 1.06 bits per heavy atom. The standard InChI is InChI=1S/C25H25N3O3S/c1-3-4-7-18-9-11-19(12-10-18)26-22(29)16-27-21-13-14-32-23(21)24(30)28(25(27)31)20-8-5-6-17(2)15-20/h5-6,8-15H,3-4,7,16H2,1-2H3,(H,26,29). The maximum Gasteiger partial charge on any atom is 0.336 e. The van der Waals surface area contributed by atoms with Gasteiger partial charge in [-0.3, -0.25) is 14.2 Å². The number of rotatable bonds is 7. The van der Waals surface area contributed by atoms with Crippen molar-refractivity contribution in [1.29, 1.82) is 0 Å². The Hall–Kier alpha value is -3.45. The van der Waals surface area contributed by atoms with E-state index in [1.807, 2.05) is 37.3 Å². The first-order valence-corrected chi connectivity index (χ1v) is 11.5. The maximum atomic E-state index is 13.3. The minimum absolute atomic E-state index is 0.185. The van der Waals surface area contributed by atoms with Gasteiger partial charge >= 0.3 is 5.69 Å². The van der Waals surface area contributed by atoms with Crippen LogP contribution in [0, 0.1) is 6.92 Å². The van der Waals surface area contributed by atoms with Crippen molar-refractivity contribution in [2.24, 2.45) is 0 Å². The molecule has 164 valence electrons. The second kappa shape index (κ2) is 9.36. The Bertz CT molecular complexity index is 1380. The molecule has 7 heteroatoms. The van der Waals surface area contributed by atoms with Crippen molar-refractivity contribution in [3.05, 3.63) is 91.9 Å². The lowest BCUT2D eigenvalue weighted by Crippen LogP contribution is -2.40. The highest BCUT2D eigenvalue weighted by Crippen LogP contribution is 2.17. The fraction of sp³-hybridized carbons (Fsp3) is 0.240. The molecular formula is C25H25N3O3S. The Morgan fingerprint density at radius 2 is 1.84 bits per heavy atom. The molecule has 0 aliphatic heterocycles. The van der Waals surface area contributed by atoms with Crippen LogP contribution in [0.3, 0.4) is 0 Å². The maximum absolute atomic E-state index is 13.3. The van der Waals surface area contributed by atoms with E-state index >= 15 is 0 Å². The Kier molecular flexibility index (Phi) is 6.37. The number of fused-ring (bicyclic) bond motifs is 1. The summed E-state index contributed by atoms with van der Waals surface area (Å²) in [5, 5.41) is 4.62. The molecule has 4 rings (SSSR count). The van der Waals surface area contributed by atoms with Crippen molar-refractivity contribution >= 4 is 33.1 Å². The van der Waals surface area contributed by atoms with E-state index in [0.29, 0.717) is 21.6 Å². The van der Waals surface area contributed by atoms with Gasteiger partial charge < -0.3 is 5.32 Å². The van der Waals surface area contributed by atoms with Gasteiger partial charge in [0, 0.05) is 5.69 Å². The minimum atomic E-state index is -0.531. The molecule has 2 aromatic heterocycles. The van der Waals surface area contributed by atoms with Crippen molar-refractivity contribution in [2.45, 2.75) is 39.7 Å². The van der Waals surface area contributed by atoms with Crippen molar-refractivity contribution in [1.82, 2.24) is 9.13 Å². The van der Waals surface area contributed by atoms with Gasteiger partial charge in [0.05, 0.1) is 11.2 Å². The normalized spacial score (nSPS) is 11.1. The van der Waals surface area contributed by atoms with Gasteiger partial charge in [-0.05, 0) is 66.6 Å². The number of anilines is 1. The van der Waals surface area contributed by atoms with Crippen LogP contribution in [0.1, 0.15) is 30.9 Å². The first-order chi connectivity index (χ1) is 15.5. The number of hydrogen-bond donors (Lipinski definition) is 1. The summed E-state index contributed by atoms with van der Waals surface area (Å²) in [6, 6.07) is 16.7. The van der Waals surface area contributed by atoms with Crippen LogP contribution in [0.25, 0.3) is 15.9 Å². The number of amides is 1. The lowest BCUT2D eigenvalue weighted by atomic mass is 10.1. The van der Waals surface area contributed by atoms with Gasteiger partial charge in [0.2, 0.25) is 5.91 Å². The summed E-state index contributed by atoms with van der Waals surface area (Å²) in [7, 11) is 0. The Balaban J connectivity index is 1.66. The summed E-state index contributed by atoms with van der Waals surface area (Å²) in [5.74, 6) is -0.324. The van der Waals surface area contributed by atoms with Crippen LogP contribution < -0.4 is 16.6 Å². The molecule has 2 aromatic carbocycles. The molecule has 1 amide bonds. The first kappa shape index (κ1) is 21.8. The molecule has 0 unspecified atom stereocenters. The molecule has 6 nitrogen and oxygen atoms in total. The number of unbranched alkanes of at least 4 members (excludes halogenated alkanes) is 1. The number of benzene rings is 2. The van der Waals surface area contributed by atoms with Gasteiger partial charge in [-0.1, -0.05) is 37.6 Å². The van der Waals surface area contributed by atoms with E-state index in [0.717, 1.165) is 29.4 Å². The van der Waals surface area contributed by atoms with Gasteiger partial charge in [0.1, 0.15) is 11.2 Å². The summed E-state index contributed by atoms with van der Waals surface area (Å²) >= 11 is 1.26. The van der Waals surface area contributed by atoms with Crippen molar-refractivity contribution < 1.29 is 4.79 Å². The summed E-state index contributed by atoms with van der Waals surface area (Å²) in [5.41, 5.74) is 2.91. The molecule has 0 fully saturated rings. The summed E-state index contributed by atoms with van der Waals surface area (Å²) in [6.07, 6.45) is 3.27. The molecule has 2 heterocycles. The zero-order chi connectivity index (χ0) is 22.7. The van der Waals surface area contributed by atoms with Crippen LogP contribution in [-0.4, -0.2) is 15.0 Å². The predicted molar refractivity (Wildman–Crippen MR) is 130 cm³/mol. The number of aromatic nitrogens is 2. The average Bonchev–Trinajstić information content (AvgIpc) is 3.27. The van der Waals surface area contributed by atoms with E-state index in [4.69, 9.17) is 0 Å². The molecule has 0 aliphatic carbocycles. The molecule has 0 spiro atoms. The van der Waals surface area contributed by atoms with Crippen LogP contribution >= 0.6 is 11.3 Å². The Morgan fingerprint density at radius 3 is 2.56 bits per heavy atom. The van der Waals surface area contributed by atoms with Gasteiger partial charge in [0.25, 0.3) is 5.56 Å². The number of thiophene rings is 1. The largest absolute Gasteiger partial charge is 0.336 e. The first-order valence-electron chi connectivity index (χ1n) is 10.7. The fourth-order valence-electron chi connectivity index (χ4n) is 3.71. The predicted octanol–water partition coefficient (Wildman–Crippen LogP) is 4.50. The zero-order valence-corrected chi connectivity index (χ0v) is 18.9. The van der Waals surface area contributed by atoms with Crippen molar-refractivity contribution in [3.63, 3.8) is 0 Å². The highest BCUT2D eigenvalue weighted by atomic mass is 32.1.